The van der Waals surface area contributed by atoms with Gasteiger partial charge in [-0.2, -0.15) is 0 Å². The molecule has 0 aliphatic rings. The minimum absolute atomic E-state index is 0.393. The molecule has 0 spiro atoms. The number of nitrogens with zero attached hydrogens (tertiary/aromatic N) is 1. The summed E-state index contributed by atoms with van der Waals surface area (Å²) >= 11 is 1.51. The van der Waals surface area contributed by atoms with Crippen LogP contribution in [0, 0.1) is 0 Å². The summed E-state index contributed by atoms with van der Waals surface area (Å²) in [5.41, 5.74) is 7.79. The van der Waals surface area contributed by atoms with Crippen LogP contribution in [0.15, 0.2) is 54.7 Å². The van der Waals surface area contributed by atoms with E-state index in [9.17, 15) is 4.79 Å². The maximum atomic E-state index is 11.8. The summed E-state index contributed by atoms with van der Waals surface area (Å²) in [6.45, 7) is 2.66. The first-order valence-electron chi connectivity index (χ1n) is 8.52. The Morgan fingerprint density at radius 1 is 1.23 bits per heavy atom. The second kappa shape index (κ2) is 8.49. The van der Waals surface area contributed by atoms with Crippen LogP contribution in [-0.2, 0) is 0 Å². The van der Waals surface area contributed by atoms with Crippen molar-refractivity contribution in [2.45, 2.75) is 19.8 Å². The molecule has 26 heavy (non-hydrogen) atoms. The van der Waals surface area contributed by atoms with Crippen molar-refractivity contribution in [2.24, 2.45) is 5.73 Å². The molecule has 0 radical (unpaired) electrons. The van der Waals surface area contributed by atoms with Gasteiger partial charge < -0.3 is 15.8 Å². The molecule has 0 aliphatic heterocycles. The molecule has 1 heterocycles. The molecule has 0 unspecified atom stereocenters. The van der Waals surface area contributed by atoms with Gasteiger partial charge in [-0.1, -0.05) is 42.9 Å². The van der Waals surface area contributed by atoms with Crippen molar-refractivity contribution in [1.82, 2.24) is 4.98 Å². The third-order valence-electron chi connectivity index (χ3n) is 3.82. The molecule has 2 aromatic carbocycles. The average molecular weight is 367 g/mol. The maximum Gasteiger partial charge on any atom is 0.252 e. The van der Waals surface area contributed by atoms with Crippen LogP contribution in [0.25, 0.3) is 10.4 Å². The number of unbranched alkanes of at least 4 members (excludes halogenated alkanes) is 1. The van der Waals surface area contributed by atoms with E-state index in [1.54, 1.807) is 18.3 Å². The van der Waals surface area contributed by atoms with E-state index in [1.165, 1.54) is 11.3 Å². The van der Waals surface area contributed by atoms with Crippen LogP contribution in [0.5, 0.6) is 5.75 Å². The van der Waals surface area contributed by atoms with E-state index >= 15 is 0 Å². The van der Waals surface area contributed by atoms with Gasteiger partial charge in [0.1, 0.15) is 5.75 Å². The number of carbonyl (C=O) groups excluding carboxylic acids is 1. The molecule has 6 heteroatoms. The van der Waals surface area contributed by atoms with Gasteiger partial charge in [0.15, 0.2) is 5.13 Å². The minimum atomic E-state index is -0.495. The number of hydrogen-bond acceptors (Lipinski definition) is 5. The van der Waals surface area contributed by atoms with E-state index in [0.29, 0.717) is 17.9 Å². The Bertz CT molecular complexity index is 878. The standard InChI is InChI=1S/C20H21N3O2S/c1-2-3-11-25-17-10-9-14(12-16(17)19(21)24)18-13-22-20(26-18)23-15-7-5-4-6-8-15/h4-10,12-13H,2-3,11H2,1H3,(H2,21,24)(H,22,23). The number of aromatic nitrogens is 1. The zero-order valence-corrected chi connectivity index (χ0v) is 15.4. The summed E-state index contributed by atoms with van der Waals surface area (Å²) in [6.07, 6.45) is 3.75. The van der Waals surface area contributed by atoms with Crippen LogP contribution in [0.3, 0.4) is 0 Å². The van der Waals surface area contributed by atoms with Gasteiger partial charge in [0.25, 0.3) is 5.91 Å². The summed E-state index contributed by atoms with van der Waals surface area (Å²) < 4.78 is 5.69. The van der Waals surface area contributed by atoms with Crippen molar-refractivity contribution in [1.29, 1.82) is 0 Å². The molecule has 0 fully saturated rings. The number of ether oxygens (including phenoxy) is 1. The molecular formula is C20H21N3O2S. The van der Waals surface area contributed by atoms with Crippen LogP contribution in [-0.4, -0.2) is 17.5 Å². The largest absolute Gasteiger partial charge is 0.493 e. The van der Waals surface area contributed by atoms with Gasteiger partial charge in [-0.15, -0.1) is 0 Å². The predicted molar refractivity (Wildman–Crippen MR) is 106 cm³/mol. The van der Waals surface area contributed by atoms with Gasteiger partial charge >= 0.3 is 0 Å². The molecular weight excluding hydrogens is 346 g/mol. The van der Waals surface area contributed by atoms with Crippen molar-refractivity contribution in [2.75, 3.05) is 11.9 Å². The molecule has 3 aromatic rings. The SMILES string of the molecule is CCCCOc1ccc(-c2cnc(Nc3ccccc3)s2)cc1C(N)=O. The fraction of sp³-hybridized carbons (Fsp3) is 0.200. The number of para-hydroxylation sites is 1. The molecule has 1 amide bonds. The number of carbonyl (C=O) groups is 1. The Balaban J connectivity index is 1.80. The lowest BCUT2D eigenvalue weighted by molar-refractivity contribution is 0.0996. The van der Waals surface area contributed by atoms with E-state index in [-0.39, 0.29) is 0 Å². The van der Waals surface area contributed by atoms with Crippen molar-refractivity contribution < 1.29 is 9.53 Å². The number of hydrogen-bond donors (Lipinski definition) is 2. The zero-order valence-electron chi connectivity index (χ0n) is 14.6. The van der Waals surface area contributed by atoms with Gasteiger partial charge in [-0.05, 0) is 42.3 Å². The highest BCUT2D eigenvalue weighted by molar-refractivity contribution is 7.18. The molecule has 0 atom stereocenters. The van der Waals surface area contributed by atoms with Crippen LogP contribution >= 0.6 is 11.3 Å². The van der Waals surface area contributed by atoms with Crippen molar-refractivity contribution in [3.8, 4) is 16.2 Å². The summed E-state index contributed by atoms with van der Waals surface area (Å²) in [7, 11) is 0. The lowest BCUT2D eigenvalue weighted by Crippen LogP contribution is -2.13. The van der Waals surface area contributed by atoms with Crippen molar-refractivity contribution in [3.63, 3.8) is 0 Å². The van der Waals surface area contributed by atoms with Crippen molar-refractivity contribution in [3.05, 3.63) is 60.3 Å². The lowest BCUT2D eigenvalue weighted by atomic mass is 10.1. The topological polar surface area (TPSA) is 77.2 Å². The second-order valence-corrected chi connectivity index (χ2v) is 6.83. The molecule has 134 valence electrons. The summed E-state index contributed by atoms with van der Waals surface area (Å²) in [4.78, 5) is 17.2. The maximum absolute atomic E-state index is 11.8. The van der Waals surface area contributed by atoms with E-state index in [2.05, 4.69) is 17.2 Å². The smallest absolute Gasteiger partial charge is 0.252 e. The summed E-state index contributed by atoms with van der Waals surface area (Å²) in [5.74, 6) is 0.0346. The summed E-state index contributed by atoms with van der Waals surface area (Å²) in [5, 5.41) is 4.06. The molecule has 0 saturated heterocycles. The van der Waals surface area contributed by atoms with Crippen LogP contribution in [0.2, 0.25) is 0 Å². The fourth-order valence-electron chi connectivity index (χ4n) is 2.44. The Morgan fingerprint density at radius 3 is 2.77 bits per heavy atom. The van der Waals surface area contributed by atoms with Crippen LogP contribution in [0.4, 0.5) is 10.8 Å². The van der Waals surface area contributed by atoms with E-state index in [4.69, 9.17) is 10.5 Å². The number of nitrogens with one attached hydrogen (secondary N) is 1. The number of amides is 1. The fourth-order valence-corrected chi connectivity index (χ4v) is 3.27. The van der Waals surface area contributed by atoms with Crippen LogP contribution in [0.1, 0.15) is 30.1 Å². The number of primary amides is 1. The Labute approximate surface area is 156 Å². The zero-order chi connectivity index (χ0) is 18.4. The highest BCUT2D eigenvalue weighted by Gasteiger charge is 2.13. The molecule has 3 N–H and O–H groups in total. The number of rotatable bonds is 8. The monoisotopic (exact) mass is 367 g/mol. The average Bonchev–Trinajstić information content (AvgIpc) is 3.11. The van der Waals surface area contributed by atoms with Gasteiger partial charge in [0.2, 0.25) is 0 Å². The third-order valence-corrected chi connectivity index (χ3v) is 4.78. The number of thiazole rings is 1. The third kappa shape index (κ3) is 4.40. The van der Waals surface area contributed by atoms with Gasteiger partial charge in [-0.25, -0.2) is 4.98 Å². The quantitative estimate of drug-likeness (QED) is 0.559. The van der Waals surface area contributed by atoms with Gasteiger partial charge in [0.05, 0.1) is 17.0 Å². The van der Waals surface area contributed by atoms with E-state index in [0.717, 1.165) is 34.1 Å². The molecule has 0 bridgehead atoms. The Hall–Kier alpha value is -2.86. The number of anilines is 2. The molecule has 0 aliphatic carbocycles. The molecule has 3 rings (SSSR count). The molecule has 0 saturated carbocycles. The molecule has 1 aromatic heterocycles. The number of nitrogens with two attached hydrogens (primary N) is 1. The number of benzene rings is 2. The predicted octanol–water partition coefficient (Wildman–Crippen LogP) is 4.83. The second-order valence-electron chi connectivity index (χ2n) is 5.80. The first-order chi connectivity index (χ1) is 12.7. The normalized spacial score (nSPS) is 10.5. The summed E-state index contributed by atoms with van der Waals surface area (Å²) in [6, 6.07) is 15.4. The lowest BCUT2D eigenvalue weighted by Gasteiger charge is -2.10. The Morgan fingerprint density at radius 2 is 2.04 bits per heavy atom. The highest BCUT2D eigenvalue weighted by Crippen LogP contribution is 2.33. The van der Waals surface area contributed by atoms with Crippen LogP contribution < -0.4 is 15.8 Å². The van der Waals surface area contributed by atoms with E-state index < -0.39 is 5.91 Å². The highest BCUT2D eigenvalue weighted by atomic mass is 32.1. The van der Waals surface area contributed by atoms with Gasteiger partial charge in [0, 0.05) is 11.9 Å². The van der Waals surface area contributed by atoms with Gasteiger partial charge in [-0.3, -0.25) is 4.79 Å². The minimum Gasteiger partial charge on any atom is -0.493 e. The molecule has 5 nitrogen and oxygen atoms in total. The van der Waals surface area contributed by atoms with Crippen molar-refractivity contribution >= 4 is 28.1 Å². The first-order valence-corrected chi connectivity index (χ1v) is 9.34. The van der Waals surface area contributed by atoms with E-state index in [1.807, 2.05) is 36.4 Å². The Kier molecular flexibility index (Phi) is 5.86. The first kappa shape index (κ1) is 17.9.